The van der Waals surface area contributed by atoms with Crippen LogP contribution in [0, 0.1) is 0 Å². The van der Waals surface area contributed by atoms with E-state index in [-0.39, 0.29) is 12.6 Å². The van der Waals surface area contributed by atoms with Gasteiger partial charge in [-0.3, -0.25) is 5.10 Å². The second-order valence-electron chi connectivity index (χ2n) is 9.37. The van der Waals surface area contributed by atoms with Gasteiger partial charge in [-0.05, 0) is 47.9 Å². The number of alkyl halides is 3. The molecule has 0 saturated heterocycles. The molecule has 2 heterocycles. The van der Waals surface area contributed by atoms with Crippen molar-refractivity contribution in [3.05, 3.63) is 93.9 Å². The molecule has 5 rings (SSSR count). The number of aromatic amines is 2. The molecule has 0 unspecified atom stereocenters. The van der Waals surface area contributed by atoms with Crippen molar-refractivity contribution in [1.29, 1.82) is 0 Å². The molecule has 0 fully saturated rings. The Hall–Kier alpha value is -4.95. The number of hydrogen-bond donors (Lipinski definition) is 7. The van der Waals surface area contributed by atoms with E-state index in [0.29, 0.717) is 39.6 Å². The number of hydrogen-bond acceptors (Lipinski definition) is 6. The van der Waals surface area contributed by atoms with Crippen molar-refractivity contribution in [2.75, 3.05) is 11.5 Å². The average Bonchev–Trinajstić information content (AvgIpc) is 3.55. The topological polar surface area (TPSA) is 188 Å². The van der Waals surface area contributed by atoms with Gasteiger partial charge < -0.3 is 32.2 Å². The summed E-state index contributed by atoms with van der Waals surface area (Å²) in [6, 6.07) is 19.7. The maximum Gasteiger partial charge on any atom is 0.490 e. The van der Waals surface area contributed by atoms with Gasteiger partial charge in [0.25, 0.3) is 0 Å². The van der Waals surface area contributed by atoms with Crippen molar-refractivity contribution < 1.29 is 27.9 Å². The molecular formula is C28H25Cl2F3N8O3. The van der Waals surface area contributed by atoms with Crippen molar-refractivity contribution >= 4 is 57.6 Å². The largest absolute Gasteiger partial charge is 0.490 e. The van der Waals surface area contributed by atoms with Crippen molar-refractivity contribution in [3.8, 4) is 11.3 Å². The smallest absolute Gasteiger partial charge is 0.475 e. The molecule has 11 nitrogen and oxygen atoms in total. The third-order valence-electron chi connectivity index (χ3n) is 6.25. The number of aromatic nitrogens is 4. The molecule has 1 atom stereocenters. The molecule has 0 aliphatic carbocycles. The molecule has 230 valence electrons. The second kappa shape index (κ2) is 13.6. The van der Waals surface area contributed by atoms with E-state index in [1.807, 2.05) is 48.5 Å². The first-order valence-electron chi connectivity index (χ1n) is 12.7. The zero-order chi connectivity index (χ0) is 32.0. The van der Waals surface area contributed by atoms with Crippen LogP contribution in [-0.2, 0) is 17.8 Å². The number of nitrogens with zero attached hydrogens (tertiary/aromatic N) is 2. The minimum atomic E-state index is -5.08. The summed E-state index contributed by atoms with van der Waals surface area (Å²) in [5.41, 5.74) is 16.3. The molecule has 5 aromatic rings. The van der Waals surface area contributed by atoms with Gasteiger partial charge >= 0.3 is 18.2 Å². The summed E-state index contributed by atoms with van der Waals surface area (Å²) in [4.78, 5) is 29.7. The minimum absolute atomic E-state index is 0.216. The number of rotatable bonds is 7. The third kappa shape index (κ3) is 8.11. The van der Waals surface area contributed by atoms with Gasteiger partial charge in [-0.15, -0.1) is 0 Å². The number of imidazole rings is 1. The van der Waals surface area contributed by atoms with Crippen LogP contribution in [0.25, 0.3) is 22.2 Å². The lowest BCUT2D eigenvalue weighted by Crippen LogP contribution is -2.39. The molecule has 0 bridgehead atoms. The molecule has 2 aromatic heterocycles. The Kier molecular flexibility index (Phi) is 9.86. The standard InChI is InChI=1S/C26H24Cl2N8O.C2HF3O2/c27-17-7-9-19(29)16(11-17)13-31-26(37)32-21(10-14-4-2-1-3-5-14)25-33-22(23(28)34-25)15-6-8-18-20(12-15)35-36-24(18)30;3-2(4,5)1(6)7/h1-9,11-12,21H,10,13,29H2,(H,33,34)(H3,30,35,36)(H2,31,32,37);(H,6,7)/t21-;/m0./s1. The van der Waals surface area contributed by atoms with Crippen LogP contribution in [-0.4, -0.2) is 43.4 Å². The fourth-order valence-electron chi connectivity index (χ4n) is 4.09. The number of amides is 2. The highest BCUT2D eigenvalue weighted by Gasteiger charge is 2.38. The van der Waals surface area contributed by atoms with E-state index in [2.05, 4.69) is 25.8 Å². The number of carbonyl (C=O) groups excluding carboxylic acids is 1. The number of fused-ring (bicyclic) bond motifs is 1. The van der Waals surface area contributed by atoms with Crippen LogP contribution in [0.15, 0.2) is 66.7 Å². The van der Waals surface area contributed by atoms with Gasteiger partial charge in [0.15, 0.2) is 5.82 Å². The molecule has 2 amide bonds. The fourth-order valence-corrected chi connectivity index (χ4v) is 4.53. The molecule has 16 heteroatoms. The summed E-state index contributed by atoms with van der Waals surface area (Å²) < 4.78 is 31.7. The maximum absolute atomic E-state index is 12.9. The van der Waals surface area contributed by atoms with Crippen LogP contribution in [0.2, 0.25) is 10.2 Å². The van der Waals surface area contributed by atoms with E-state index in [0.717, 1.165) is 27.6 Å². The molecule has 9 N–H and O–H groups in total. The summed E-state index contributed by atoms with van der Waals surface area (Å²) in [5.74, 6) is -1.81. The molecule has 3 aromatic carbocycles. The van der Waals surface area contributed by atoms with Crippen molar-refractivity contribution in [3.63, 3.8) is 0 Å². The first-order chi connectivity index (χ1) is 20.8. The van der Waals surface area contributed by atoms with Gasteiger partial charge in [-0.25, -0.2) is 14.6 Å². The molecule has 44 heavy (non-hydrogen) atoms. The van der Waals surface area contributed by atoms with Gasteiger partial charge in [0.2, 0.25) is 0 Å². The Balaban J connectivity index is 0.000000566. The first kappa shape index (κ1) is 32.0. The molecular weight excluding hydrogens is 624 g/mol. The number of H-pyrrole nitrogens is 2. The van der Waals surface area contributed by atoms with Crippen LogP contribution in [0.1, 0.15) is 23.0 Å². The number of urea groups is 1. The summed E-state index contributed by atoms with van der Waals surface area (Å²) in [6.07, 6.45) is -4.59. The summed E-state index contributed by atoms with van der Waals surface area (Å²) in [7, 11) is 0. The van der Waals surface area contributed by atoms with Crippen LogP contribution in [0.3, 0.4) is 0 Å². The fraction of sp³-hybridized carbons (Fsp3) is 0.143. The number of carboxylic acids is 1. The number of carbonyl (C=O) groups is 2. The van der Waals surface area contributed by atoms with Crippen molar-refractivity contribution in [1.82, 2.24) is 30.8 Å². The Morgan fingerprint density at radius 2 is 1.73 bits per heavy atom. The van der Waals surface area contributed by atoms with Crippen LogP contribution < -0.4 is 22.1 Å². The normalized spacial score (nSPS) is 11.8. The van der Waals surface area contributed by atoms with Gasteiger partial charge in [0.1, 0.15) is 16.7 Å². The maximum atomic E-state index is 12.9. The summed E-state index contributed by atoms with van der Waals surface area (Å²) in [6.45, 7) is 0.216. The number of carboxylic acid groups (broad SMARTS) is 1. The SMILES string of the molecule is Nc1ccc(Cl)cc1CNC(=O)N[C@@H](Cc1ccccc1)c1nc(-c2ccc3c(N)n[nH]c3c2)c(Cl)[nH]1.O=C(O)C(F)(F)F. The zero-order valence-electron chi connectivity index (χ0n) is 22.5. The van der Waals surface area contributed by atoms with Crippen LogP contribution in [0.5, 0.6) is 0 Å². The van der Waals surface area contributed by atoms with E-state index in [1.165, 1.54) is 0 Å². The van der Waals surface area contributed by atoms with Crippen molar-refractivity contribution in [2.24, 2.45) is 0 Å². The predicted octanol–water partition coefficient (Wildman–Crippen LogP) is 5.84. The summed E-state index contributed by atoms with van der Waals surface area (Å²) in [5, 5.41) is 21.6. The first-order valence-corrected chi connectivity index (χ1v) is 13.5. The number of halogens is 5. The Labute approximate surface area is 257 Å². The molecule has 0 saturated carbocycles. The molecule has 0 spiro atoms. The van der Waals surface area contributed by atoms with Crippen LogP contribution >= 0.6 is 23.2 Å². The Morgan fingerprint density at radius 3 is 2.41 bits per heavy atom. The average molecular weight is 649 g/mol. The Bertz CT molecular complexity index is 1780. The monoisotopic (exact) mass is 648 g/mol. The highest BCUT2D eigenvalue weighted by molar-refractivity contribution is 6.32. The third-order valence-corrected chi connectivity index (χ3v) is 6.76. The van der Waals surface area contributed by atoms with Gasteiger partial charge in [0.05, 0.1) is 11.6 Å². The van der Waals surface area contributed by atoms with E-state index < -0.39 is 18.2 Å². The van der Waals surface area contributed by atoms with E-state index in [9.17, 15) is 18.0 Å². The summed E-state index contributed by atoms with van der Waals surface area (Å²) >= 11 is 12.6. The van der Waals surface area contributed by atoms with Crippen LogP contribution in [0.4, 0.5) is 29.5 Å². The molecule has 0 aliphatic rings. The van der Waals surface area contributed by atoms with Gasteiger partial charge in [-0.1, -0.05) is 59.6 Å². The quantitative estimate of drug-likeness (QED) is 0.108. The number of benzene rings is 3. The zero-order valence-corrected chi connectivity index (χ0v) is 24.1. The van der Waals surface area contributed by atoms with Gasteiger partial charge in [-0.2, -0.15) is 18.3 Å². The highest BCUT2D eigenvalue weighted by Crippen LogP contribution is 2.31. The molecule has 0 radical (unpaired) electrons. The van der Waals surface area contributed by atoms with E-state index in [4.69, 9.17) is 49.6 Å². The van der Waals surface area contributed by atoms with E-state index >= 15 is 0 Å². The number of nitrogens with one attached hydrogen (secondary N) is 4. The van der Waals surface area contributed by atoms with Crippen molar-refractivity contribution in [2.45, 2.75) is 25.2 Å². The number of anilines is 2. The number of aliphatic carboxylic acids is 1. The lowest BCUT2D eigenvalue weighted by molar-refractivity contribution is -0.192. The van der Waals surface area contributed by atoms with E-state index in [1.54, 1.807) is 18.2 Å². The lowest BCUT2D eigenvalue weighted by Gasteiger charge is -2.18. The number of nitrogen functional groups attached to an aromatic ring is 2. The van der Waals surface area contributed by atoms with Gasteiger partial charge in [0, 0.05) is 28.2 Å². The second-order valence-corrected chi connectivity index (χ2v) is 10.2. The Morgan fingerprint density at radius 1 is 1.02 bits per heavy atom. The minimum Gasteiger partial charge on any atom is -0.475 e. The lowest BCUT2D eigenvalue weighted by atomic mass is 10.1. The number of nitrogens with two attached hydrogens (primary N) is 2. The molecule has 0 aliphatic heterocycles. The predicted molar refractivity (Wildman–Crippen MR) is 161 cm³/mol. The highest BCUT2D eigenvalue weighted by atomic mass is 35.5.